The van der Waals surface area contributed by atoms with Crippen LogP contribution in [-0.4, -0.2) is 19.3 Å². The van der Waals surface area contributed by atoms with Gasteiger partial charge in [-0.05, 0) is 30.7 Å². The Morgan fingerprint density at radius 1 is 1.25 bits per heavy atom. The number of hydrogen-bond donors (Lipinski definition) is 1. The van der Waals surface area contributed by atoms with Gasteiger partial charge in [0.25, 0.3) is 0 Å². The molecule has 0 aromatic heterocycles. The number of rotatable bonds is 5. The molecule has 0 heterocycles. The predicted octanol–water partition coefficient (Wildman–Crippen LogP) is 4.23. The summed E-state index contributed by atoms with van der Waals surface area (Å²) in [5.74, 6) is 5.42. The summed E-state index contributed by atoms with van der Waals surface area (Å²) in [6, 6.07) is 4.41. The Balaban J connectivity index is 2.75. The van der Waals surface area contributed by atoms with Gasteiger partial charge in [-0.25, -0.2) is 0 Å². The van der Waals surface area contributed by atoms with Crippen molar-refractivity contribution in [3.8, 4) is 17.6 Å². The van der Waals surface area contributed by atoms with Gasteiger partial charge in [0, 0.05) is 12.1 Å². The summed E-state index contributed by atoms with van der Waals surface area (Å²) in [5.41, 5.74) is 0.359. The van der Waals surface area contributed by atoms with Crippen molar-refractivity contribution in [3.05, 3.63) is 24.3 Å². The van der Waals surface area contributed by atoms with Crippen molar-refractivity contribution < 1.29 is 17.9 Å². The van der Waals surface area contributed by atoms with Gasteiger partial charge in [-0.15, -0.1) is 5.92 Å². The van der Waals surface area contributed by atoms with E-state index in [-0.39, 0.29) is 0 Å². The van der Waals surface area contributed by atoms with Gasteiger partial charge in [-0.3, -0.25) is 0 Å². The molecule has 1 aromatic carbocycles. The molecule has 0 amide bonds. The first-order valence-electron chi connectivity index (χ1n) is 6.43. The van der Waals surface area contributed by atoms with E-state index in [1.807, 2.05) is 6.92 Å². The van der Waals surface area contributed by atoms with Gasteiger partial charge in [0.1, 0.15) is 5.75 Å². The fourth-order valence-corrected chi connectivity index (χ4v) is 1.49. The van der Waals surface area contributed by atoms with E-state index < -0.39 is 12.2 Å². The fraction of sp³-hybridized carbons (Fsp3) is 0.467. The van der Waals surface area contributed by atoms with E-state index in [4.69, 9.17) is 4.74 Å². The third-order valence-electron chi connectivity index (χ3n) is 2.63. The number of benzene rings is 1. The lowest BCUT2D eigenvalue weighted by Gasteiger charge is -2.17. The number of methoxy groups -OCH3 is 1. The van der Waals surface area contributed by atoms with Crippen LogP contribution in [0.15, 0.2) is 24.3 Å². The summed E-state index contributed by atoms with van der Waals surface area (Å²) in [7, 11) is 1.50. The minimum Gasteiger partial charge on any atom is -0.497 e. The fourth-order valence-electron chi connectivity index (χ4n) is 1.49. The van der Waals surface area contributed by atoms with Crippen molar-refractivity contribution in [1.29, 1.82) is 0 Å². The number of nitrogens with one attached hydrogen (secondary N) is 1. The summed E-state index contributed by atoms with van der Waals surface area (Å²) in [4.78, 5) is 0. The van der Waals surface area contributed by atoms with Crippen LogP contribution in [0.4, 0.5) is 18.9 Å². The zero-order valence-corrected chi connectivity index (χ0v) is 11.6. The van der Waals surface area contributed by atoms with Crippen LogP contribution in [0.1, 0.15) is 26.2 Å². The molecule has 0 spiro atoms. The summed E-state index contributed by atoms with van der Waals surface area (Å²) >= 11 is 0. The highest BCUT2D eigenvalue weighted by molar-refractivity contribution is 5.49. The van der Waals surface area contributed by atoms with Crippen LogP contribution in [0.2, 0.25) is 0 Å². The molecule has 20 heavy (non-hydrogen) atoms. The molecule has 1 aromatic rings. The maximum absolute atomic E-state index is 12.9. The number of alkyl halides is 3. The Hall–Kier alpha value is -1.83. The maximum atomic E-state index is 12.9. The van der Waals surface area contributed by atoms with Crippen LogP contribution in [0.25, 0.3) is 0 Å². The average molecular weight is 285 g/mol. The number of unbranched alkanes of at least 4 members (excludes halogenated alkanes) is 2. The Bertz CT molecular complexity index is 457. The second-order valence-electron chi connectivity index (χ2n) is 4.27. The first-order chi connectivity index (χ1) is 9.47. The van der Waals surface area contributed by atoms with Gasteiger partial charge in [0.15, 0.2) is 6.04 Å². The summed E-state index contributed by atoms with van der Waals surface area (Å²) in [6.45, 7) is 1.97. The first-order valence-corrected chi connectivity index (χ1v) is 6.43. The Kier molecular flexibility index (Phi) is 6.23. The van der Waals surface area contributed by atoms with Gasteiger partial charge in [-0.2, -0.15) is 13.2 Å². The van der Waals surface area contributed by atoms with Gasteiger partial charge in [-0.1, -0.05) is 19.3 Å². The van der Waals surface area contributed by atoms with Gasteiger partial charge < -0.3 is 10.1 Å². The van der Waals surface area contributed by atoms with Crippen molar-refractivity contribution in [1.82, 2.24) is 0 Å². The van der Waals surface area contributed by atoms with E-state index in [0.717, 1.165) is 12.8 Å². The maximum Gasteiger partial charge on any atom is 0.420 e. The Morgan fingerprint density at radius 3 is 2.40 bits per heavy atom. The summed E-state index contributed by atoms with van der Waals surface area (Å²) < 4.78 is 43.6. The Labute approximate surface area is 117 Å². The van der Waals surface area contributed by atoms with Crippen LogP contribution in [-0.2, 0) is 0 Å². The zero-order chi connectivity index (χ0) is 15.0. The van der Waals surface area contributed by atoms with Crippen LogP contribution >= 0.6 is 0 Å². The van der Waals surface area contributed by atoms with Crippen molar-refractivity contribution in [3.63, 3.8) is 0 Å². The number of anilines is 1. The molecule has 0 fully saturated rings. The van der Waals surface area contributed by atoms with Crippen LogP contribution in [0.3, 0.4) is 0 Å². The standard InChI is InChI=1S/C15H18F3NO/c1-3-4-5-6-7-14(15(16,17)18)19-12-8-10-13(20-2)11-9-12/h8-11,14,19H,3-5H2,1-2H3/t14-/m1/s1. The molecule has 0 aliphatic carbocycles. The summed E-state index contributed by atoms with van der Waals surface area (Å²) in [6.07, 6.45) is -2.20. The molecule has 2 nitrogen and oxygen atoms in total. The highest BCUT2D eigenvalue weighted by Crippen LogP contribution is 2.24. The van der Waals surface area contributed by atoms with E-state index in [9.17, 15) is 13.2 Å². The smallest absolute Gasteiger partial charge is 0.420 e. The van der Waals surface area contributed by atoms with Crippen molar-refractivity contribution in [2.24, 2.45) is 0 Å². The molecule has 5 heteroatoms. The van der Waals surface area contributed by atoms with Crippen LogP contribution < -0.4 is 10.1 Å². The number of ether oxygens (including phenoxy) is 1. The van der Waals surface area contributed by atoms with E-state index in [0.29, 0.717) is 17.9 Å². The second kappa shape index (κ2) is 7.68. The lowest BCUT2D eigenvalue weighted by Crippen LogP contribution is -2.34. The number of hydrogen-bond acceptors (Lipinski definition) is 2. The van der Waals surface area contributed by atoms with E-state index in [1.54, 1.807) is 12.1 Å². The molecular formula is C15H18F3NO. The molecule has 0 saturated heterocycles. The van der Waals surface area contributed by atoms with Gasteiger partial charge in [0.05, 0.1) is 7.11 Å². The first kappa shape index (κ1) is 16.2. The molecule has 1 rings (SSSR count). The van der Waals surface area contributed by atoms with Crippen LogP contribution in [0, 0.1) is 11.8 Å². The predicted molar refractivity (Wildman–Crippen MR) is 73.8 cm³/mol. The molecule has 0 radical (unpaired) electrons. The lowest BCUT2D eigenvalue weighted by atomic mass is 10.2. The lowest BCUT2D eigenvalue weighted by molar-refractivity contribution is -0.130. The highest BCUT2D eigenvalue weighted by Gasteiger charge is 2.38. The zero-order valence-electron chi connectivity index (χ0n) is 11.6. The van der Waals surface area contributed by atoms with E-state index in [1.165, 1.54) is 19.2 Å². The van der Waals surface area contributed by atoms with Crippen molar-refractivity contribution in [2.75, 3.05) is 12.4 Å². The largest absolute Gasteiger partial charge is 0.497 e. The third-order valence-corrected chi connectivity index (χ3v) is 2.63. The molecule has 1 N–H and O–H groups in total. The topological polar surface area (TPSA) is 21.3 Å². The van der Waals surface area contributed by atoms with Crippen molar-refractivity contribution >= 4 is 5.69 Å². The van der Waals surface area contributed by atoms with E-state index >= 15 is 0 Å². The minimum atomic E-state index is -4.40. The molecule has 0 bridgehead atoms. The van der Waals surface area contributed by atoms with Crippen LogP contribution in [0.5, 0.6) is 5.75 Å². The second-order valence-corrected chi connectivity index (χ2v) is 4.27. The monoisotopic (exact) mass is 285 g/mol. The average Bonchev–Trinajstić information content (AvgIpc) is 2.42. The molecule has 0 saturated carbocycles. The Morgan fingerprint density at radius 2 is 1.90 bits per heavy atom. The number of halogens is 3. The third kappa shape index (κ3) is 5.43. The molecular weight excluding hydrogens is 267 g/mol. The SMILES string of the molecule is CCCCC#C[C@@H](Nc1ccc(OC)cc1)C(F)(F)F. The van der Waals surface area contributed by atoms with Crippen molar-refractivity contribution in [2.45, 2.75) is 38.4 Å². The van der Waals surface area contributed by atoms with Gasteiger partial charge in [0.2, 0.25) is 0 Å². The normalized spacial score (nSPS) is 12.2. The van der Waals surface area contributed by atoms with E-state index in [2.05, 4.69) is 17.2 Å². The molecule has 0 unspecified atom stereocenters. The molecule has 0 aliphatic heterocycles. The minimum absolute atomic E-state index is 0.359. The summed E-state index contributed by atoms with van der Waals surface area (Å²) in [5, 5.41) is 2.39. The van der Waals surface area contributed by atoms with Gasteiger partial charge >= 0.3 is 6.18 Å². The molecule has 1 atom stereocenters. The molecule has 110 valence electrons. The quantitative estimate of drug-likeness (QED) is 0.645. The highest BCUT2D eigenvalue weighted by atomic mass is 19.4. The molecule has 0 aliphatic rings.